The van der Waals surface area contributed by atoms with Gasteiger partial charge >= 0.3 is 0 Å². The van der Waals surface area contributed by atoms with E-state index in [0.717, 1.165) is 12.3 Å². The van der Waals surface area contributed by atoms with Crippen LogP contribution in [0.3, 0.4) is 0 Å². The Hall–Kier alpha value is -0.370. The minimum absolute atomic E-state index is 0.606. The van der Waals surface area contributed by atoms with Crippen LogP contribution in [0.1, 0.15) is 49.8 Å². The van der Waals surface area contributed by atoms with Crippen LogP contribution in [0, 0.1) is 12.8 Å². The fourth-order valence-corrected chi connectivity index (χ4v) is 3.59. The van der Waals surface area contributed by atoms with Crippen LogP contribution >= 0.6 is 15.9 Å². The summed E-state index contributed by atoms with van der Waals surface area (Å²) in [6.07, 6.45) is 11.5. The summed E-state index contributed by atoms with van der Waals surface area (Å²) in [4.78, 5) is 5.11. The van der Waals surface area contributed by atoms with Crippen LogP contribution in [0.25, 0.3) is 0 Å². The van der Waals surface area contributed by atoms with E-state index in [1.165, 1.54) is 49.8 Å². The molecule has 1 aliphatic rings. The van der Waals surface area contributed by atoms with Gasteiger partial charge in [-0.2, -0.15) is 0 Å². The van der Waals surface area contributed by atoms with Crippen molar-refractivity contribution in [2.75, 3.05) is 0 Å². The van der Waals surface area contributed by atoms with E-state index in [1.807, 2.05) is 12.3 Å². The fourth-order valence-electron chi connectivity index (χ4n) is 2.76. The number of aromatic nitrogens is 1. The van der Waals surface area contributed by atoms with Crippen LogP contribution in [-0.4, -0.2) is 9.81 Å². The molecule has 0 aromatic carbocycles. The van der Waals surface area contributed by atoms with Crippen molar-refractivity contribution in [3.8, 4) is 0 Å². The van der Waals surface area contributed by atoms with Crippen molar-refractivity contribution in [2.24, 2.45) is 5.92 Å². The van der Waals surface area contributed by atoms with Gasteiger partial charge in [-0.05, 0) is 37.3 Å². The number of halogens is 1. The smallest absolute Gasteiger partial charge is 0.0443 e. The van der Waals surface area contributed by atoms with Crippen molar-refractivity contribution < 1.29 is 0 Å². The molecule has 1 unspecified atom stereocenters. The van der Waals surface area contributed by atoms with Crippen molar-refractivity contribution in [1.82, 2.24) is 4.98 Å². The van der Waals surface area contributed by atoms with Gasteiger partial charge in [0.1, 0.15) is 0 Å². The second kappa shape index (κ2) is 6.53. The van der Waals surface area contributed by atoms with Gasteiger partial charge in [0.05, 0.1) is 0 Å². The van der Waals surface area contributed by atoms with E-state index >= 15 is 0 Å². The van der Waals surface area contributed by atoms with E-state index in [1.54, 1.807) is 0 Å². The maximum absolute atomic E-state index is 4.51. The van der Waals surface area contributed by atoms with Crippen LogP contribution in [0.2, 0.25) is 0 Å². The van der Waals surface area contributed by atoms with Crippen molar-refractivity contribution in [3.63, 3.8) is 0 Å². The Morgan fingerprint density at radius 1 is 1.29 bits per heavy atom. The highest BCUT2D eigenvalue weighted by atomic mass is 79.9. The minimum Gasteiger partial charge on any atom is -0.261 e. The molecule has 0 saturated heterocycles. The van der Waals surface area contributed by atoms with Crippen LogP contribution in [0.15, 0.2) is 18.3 Å². The Labute approximate surface area is 113 Å². The average Bonchev–Trinajstić information content (AvgIpc) is 2.61. The monoisotopic (exact) mass is 295 g/mol. The molecule has 0 N–H and O–H groups in total. The largest absolute Gasteiger partial charge is 0.261 e. The second-order valence-electron chi connectivity index (χ2n) is 5.24. The molecule has 0 aliphatic heterocycles. The lowest BCUT2D eigenvalue weighted by Gasteiger charge is -2.21. The van der Waals surface area contributed by atoms with E-state index in [-0.39, 0.29) is 0 Å². The van der Waals surface area contributed by atoms with Crippen LogP contribution in [-0.2, 0) is 6.42 Å². The molecule has 2 rings (SSSR count). The van der Waals surface area contributed by atoms with Gasteiger partial charge in [-0.3, -0.25) is 4.98 Å². The lowest BCUT2D eigenvalue weighted by Crippen LogP contribution is -2.17. The predicted octanol–water partition coefficient (Wildman–Crippen LogP) is 4.67. The van der Waals surface area contributed by atoms with Gasteiger partial charge in [-0.1, -0.05) is 47.7 Å². The number of hydrogen-bond acceptors (Lipinski definition) is 1. The SMILES string of the molecule is Cc1cccnc1CC(Br)C1CCCCCC1. The first kappa shape index (κ1) is 13.1. The van der Waals surface area contributed by atoms with Gasteiger partial charge in [-0.25, -0.2) is 0 Å². The molecule has 94 valence electrons. The maximum atomic E-state index is 4.51. The lowest BCUT2D eigenvalue weighted by atomic mass is 9.93. The number of alkyl halides is 1. The molecular formula is C15H22BrN. The number of pyridine rings is 1. The van der Waals surface area contributed by atoms with Crippen molar-refractivity contribution in [3.05, 3.63) is 29.6 Å². The molecule has 2 heteroatoms. The molecular weight excluding hydrogens is 274 g/mol. The zero-order chi connectivity index (χ0) is 12.1. The summed E-state index contributed by atoms with van der Waals surface area (Å²) >= 11 is 3.91. The van der Waals surface area contributed by atoms with Crippen molar-refractivity contribution in [1.29, 1.82) is 0 Å². The number of hydrogen-bond donors (Lipinski definition) is 0. The molecule has 0 amide bonds. The molecule has 17 heavy (non-hydrogen) atoms. The van der Waals surface area contributed by atoms with E-state index in [0.29, 0.717) is 4.83 Å². The Bertz CT molecular complexity index is 343. The lowest BCUT2D eigenvalue weighted by molar-refractivity contribution is 0.443. The van der Waals surface area contributed by atoms with Crippen LogP contribution < -0.4 is 0 Å². The first-order chi connectivity index (χ1) is 8.27. The third-order valence-corrected chi connectivity index (χ3v) is 4.99. The Balaban J connectivity index is 1.95. The zero-order valence-corrected chi connectivity index (χ0v) is 12.2. The summed E-state index contributed by atoms with van der Waals surface area (Å²) in [6, 6.07) is 4.18. The van der Waals surface area contributed by atoms with Gasteiger partial charge in [0, 0.05) is 23.1 Å². The third kappa shape index (κ3) is 3.80. The molecule has 0 radical (unpaired) electrons. The summed E-state index contributed by atoms with van der Waals surface area (Å²) in [5.41, 5.74) is 2.59. The number of aryl methyl sites for hydroxylation is 1. The van der Waals surface area contributed by atoms with Gasteiger partial charge in [0.15, 0.2) is 0 Å². The van der Waals surface area contributed by atoms with Crippen LogP contribution in [0.5, 0.6) is 0 Å². The summed E-state index contributed by atoms with van der Waals surface area (Å²) in [6.45, 7) is 2.16. The molecule has 1 aromatic rings. The third-order valence-electron chi connectivity index (χ3n) is 3.92. The fraction of sp³-hybridized carbons (Fsp3) is 0.667. The van der Waals surface area contributed by atoms with E-state index in [4.69, 9.17) is 0 Å². The van der Waals surface area contributed by atoms with Crippen molar-refractivity contribution in [2.45, 2.75) is 56.7 Å². The molecule has 1 heterocycles. The van der Waals surface area contributed by atoms with E-state index in [2.05, 4.69) is 33.9 Å². The highest BCUT2D eigenvalue weighted by Gasteiger charge is 2.21. The van der Waals surface area contributed by atoms with E-state index in [9.17, 15) is 0 Å². The molecule has 0 spiro atoms. The molecule has 1 nitrogen and oxygen atoms in total. The average molecular weight is 296 g/mol. The Morgan fingerprint density at radius 2 is 2.00 bits per heavy atom. The predicted molar refractivity (Wildman–Crippen MR) is 76.6 cm³/mol. The Morgan fingerprint density at radius 3 is 2.65 bits per heavy atom. The minimum atomic E-state index is 0.606. The molecule has 1 fully saturated rings. The highest BCUT2D eigenvalue weighted by Crippen LogP contribution is 2.31. The number of rotatable bonds is 3. The maximum Gasteiger partial charge on any atom is 0.0443 e. The normalized spacial score (nSPS) is 19.9. The second-order valence-corrected chi connectivity index (χ2v) is 6.41. The van der Waals surface area contributed by atoms with Gasteiger partial charge in [0.2, 0.25) is 0 Å². The number of nitrogens with zero attached hydrogens (tertiary/aromatic N) is 1. The molecule has 1 aliphatic carbocycles. The standard InChI is InChI=1S/C15H22BrN/c1-12-7-6-10-17-15(12)11-14(16)13-8-4-2-3-5-9-13/h6-7,10,13-14H,2-5,8-9,11H2,1H3. The highest BCUT2D eigenvalue weighted by molar-refractivity contribution is 9.09. The van der Waals surface area contributed by atoms with Gasteiger partial charge < -0.3 is 0 Å². The van der Waals surface area contributed by atoms with Crippen molar-refractivity contribution >= 4 is 15.9 Å². The first-order valence-corrected chi connectivity index (χ1v) is 7.73. The topological polar surface area (TPSA) is 12.9 Å². The summed E-state index contributed by atoms with van der Waals surface area (Å²) in [5, 5.41) is 0. The molecule has 0 bridgehead atoms. The summed E-state index contributed by atoms with van der Waals surface area (Å²) in [5.74, 6) is 0.846. The first-order valence-electron chi connectivity index (χ1n) is 6.82. The molecule has 1 atom stereocenters. The summed E-state index contributed by atoms with van der Waals surface area (Å²) in [7, 11) is 0. The van der Waals surface area contributed by atoms with E-state index < -0.39 is 0 Å². The zero-order valence-electron chi connectivity index (χ0n) is 10.7. The molecule has 1 saturated carbocycles. The van der Waals surface area contributed by atoms with Crippen LogP contribution in [0.4, 0.5) is 0 Å². The molecule has 1 aromatic heterocycles. The quantitative estimate of drug-likeness (QED) is 0.583. The summed E-state index contributed by atoms with van der Waals surface area (Å²) < 4.78 is 0. The Kier molecular flexibility index (Phi) is 5.02. The van der Waals surface area contributed by atoms with Gasteiger partial charge in [0.25, 0.3) is 0 Å². The van der Waals surface area contributed by atoms with Gasteiger partial charge in [-0.15, -0.1) is 0 Å².